The molecule has 5 aromatic heterocycles. The Hall–Kier alpha value is -6.79. The van der Waals surface area contributed by atoms with Crippen molar-refractivity contribution in [3.63, 3.8) is 0 Å². The van der Waals surface area contributed by atoms with Gasteiger partial charge in [0.1, 0.15) is 33.7 Å². The molecule has 228 valence electrons. The minimum absolute atomic E-state index is 0.710. The summed E-state index contributed by atoms with van der Waals surface area (Å²) < 4.78 is 16.9. The lowest BCUT2D eigenvalue weighted by atomic mass is 9.83. The second kappa shape index (κ2) is 7.74. The van der Waals surface area contributed by atoms with E-state index in [2.05, 4.69) is 158 Å². The van der Waals surface area contributed by atoms with E-state index < -0.39 is 5.66 Å². The number of hydrogen-bond donors (Lipinski definition) is 0. The van der Waals surface area contributed by atoms with E-state index in [1.807, 2.05) is 0 Å². The van der Waals surface area contributed by atoms with Crippen LogP contribution in [0.25, 0.3) is 87.7 Å². The quantitative estimate of drug-likeness (QED) is 0.123. The molecule has 50 heavy (non-hydrogen) atoms. The molecule has 6 aromatic carbocycles. The molecule has 11 aromatic rings. The van der Waals surface area contributed by atoms with Gasteiger partial charge in [-0.15, -0.1) is 4.57 Å². The van der Waals surface area contributed by atoms with Gasteiger partial charge < -0.3 is 4.74 Å². The number of aromatic nitrogens is 5. The summed E-state index contributed by atoms with van der Waals surface area (Å²) in [5.74, 6) is 2.91. The lowest BCUT2D eigenvalue weighted by Crippen LogP contribution is -2.75. The van der Waals surface area contributed by atoms with Crippen molar-refractivity contribution in [2.75, 3.05) is 0 Å². The lowest BCUT2D eigenvalue weighted by Gasteiger charge is -2.34. The molecule has 1 unspecified atom stereocenters. The maximum Gasteiger partial charge on any atom is 0.374 e. The van der Waals surface area contributed by atoms with E-state index >= 15 is 0 Å². The van der Waals surface area contributed by atoms with E-state index in [4.69, 9.17) is 9.72 Å². The predicted molar refractivity (Wildman–Crippen MR) is 196 cm³/mol. The van der Waals surface area contributed by atoms with Crippen LogP contribution in [0.1, 0.15) is 11.1 Å². The Morgan fingerprint density at radius 1 is 0.520 bits per heavy atom. The average molecular weight is 638 g/mol. The Kier molecular flexibility index (Phi) is 3.77. The maximum absolute atomic E-state index is 7.01. The molecule has 3 aliphatic rings. The van der Waals surface area contributed by atoms with Gasteiger partial charge in [0, 0.05) is 39.1 Å². The van der Waals surface area contributed by atoms with Gasteiger partial charge in [-0.3, -0.25) is 4.40 Å². The number of imidazole rings is 1. The summed E-state index contributed by atoms with van der Waals surface area (Å²) in [6.07, 6.45) is 4.52. The molecular formula is C44H23N5O+2. The number of rotatable bonds is 0. The summed E-state index contributed by atoms with van der Waals surface area (Å²) in [6.45, 7) is 0. The number of para-hydroxylation sites is 2. The molecule has 14 rings (SSSR count). The highest BCUT2D eigenvalue weighted by Gasteiger charge is 2.66. The molecule has 3 aliphatic heterocycles. The monoisotopic (exact) mass is 637 g/mol. The Bertz CT molecular complexity index is 3480. The molecule has 0 saturated heterocycles. The molecule has 6 nitrogen and oxygen atoms in total. The molecule has 0 saturated carbocycles. The van der Waals surface area contributed by atoms with E-state index in [1.54, 1.807) is 0 Å². The van der Waals surface area contributed by atoms with Crippen LogP contribution in [0.2, 0.25) is 0 Å². The van der Waals surface area contributed by atoms with Crippen molar-refractivity contribution in [2.24, 2.45) is 0 Å². The standard InChI is InChI=1S/C44H23N5O/c1-2-13-28-24(10-1)25-11-3-6-16-32(25)49-42-29-19-21-33-37-36(29)40-30(39(42)45-43(28)49)14-9-23-47(40)44(37)38-34(50-33)20-18-27-26-12-4-5-15-31(26)48(41(27)38)35-17-7-8-22-46(35)44/h1-23H/q+2. The summed E-state index contributed by atoms with van der Waals surface area (Å²) in [5.41, 5.74) is 9.51. The molecule has 0 fully saturated rings. The fraction of sp³-hybridized carbons (Fsp3) is 0.0227. The first-order valence-corrected chi connectivity index (χ1v) is 17.2. The number of ether oxygens (including phenoxy) is 1. The Morgan fingerprint density at radius 3 is 2.08 bits per heavy atom. The molecule has 0 radical (unpaired) electrons. The SMILES string of the molecule is c1cc[n+]2c(c1)-n1c3ccccc3c3ccc4c(c31)C21c2c(ccc3c2c2c(ccc[n+]21)c1nc2c5ccccc5c5ccccc5n2c31)O4. The van der Waals surface area contributed by atoms with Gasteiger partial charge in [-0.25, -0.2) is 4.98 Å². The first-order valence-electron chi connectivity index (χ1n) is 17.2. The van der Waals surface area contributed by atoms with E-state index in [0.29, 0.717) is 0 Å². The largest absolute Gasteiger partial charge is 0.456 e. The summed E-state index contributed by atoms with van der Waals surface area (Å²) in [4.78, 5) is 5.56. The molecule has 8 heterocycles. The zero-order valence-electron chi connectivity index (χ0n) is 26.4. The third kappa shape index (κ3) is 2.33. The minimum Gasteiger partial charge on any atom is -0.456 e. The highest BCUT2D eigenvalue weighted by Crippen LogP contribution is 2.57. The van der Waals surface area contributed by atoms with E-state index in [1.165, 1.54) is 60.0 Å². The van der Waals surface area contributed by atoms with Crippen molar-refractivity contribution in [1.29, 1.82) is 0 Å². The number of benzene rings is 6. The van der Waals surface area contributed by atoms with Gasteiger partial charge >= 0.3 is 5.66 Å². The molecule has 6 heteroatoms. The number of hydrogen-bond acceptors (Lipinski definition) is 2. The van der Waals surface area contributed by atoms with Crippen LogP contribution in [-0.4, -0.2) is 14.0 Å². The van der Waals surface area contributed by atoms with Crippen molar-refractivity contribution in [3.05, 3.63) is 151 Å². The summed E-state index contributed by atoms with van der Waals surface area (Å²) in [6, 6.07) is 46.1. The third-order valence-electron chi connectivity index (χ3n) is 11.9. The maximum atomic E-state index is 7.01. The van der Waals surface area contributed by atoms with Crippen molar-refractivity contribution in [1.82, 2.24) is 14.0 Å². The first kappa shape index (κ1) is 24.4. The van der Waals surface area contributed by atoms with Crippen LogP contribution in [0.4, 0.5) is 0 Å². The van der Waals surface area contributed by atoms with Crippen molar-refractivity contribution in [3.8, 4) is 17.3 Å². The zero-order valence-corrected chi connectivity index (χ0v) is 26.4. The van der Waals surface area contributed by atoms with Crippen molar-refractivity contribution >= 4 is 81.8 Å². The van der Waals surface area contributed by atoms with Crippen LogP contribution in [0.15, 0.2) is 140 Å². The minimum atomic E-state index is -0.710. The third-order valence-corrected chi connectivity index (χ3v) is 11.9. The number of fused-ring (bicyclic) bond motifs is 15. The highest BCUT2D eigenvalue weighted by atomic mass is 16.5. The van der Waals surface area contributed by atoms with Crippen molar-refractivity contribution in [2.45, 2.75) is 5.66 Å². The predicted octanol–water partition coefficient (Wildman–Crippen LogP) is 8.80. The first-order chi connectivity index (χ1) is 24.8. The van der Waals surface area contributed by atoms with Gasteiger partial charge in [-0.05, 0) is 60.0 Å². The Morgan fingerprint density at radius 2 is 1.20 bits per heavy atom. The lowest BCUT2D eigenvalue weighted by molar-refractivity contribution is -0.956. The number of nitrogens with zero attached hydrogens (tertiary/aromatic N) is 5. The average Bonchev–Trinajstić information content (AvgIpc) is 3.84. The molecule has 1 atom stereocenters. The van der Waals surface area contributed by atoms with Gasteiger partial charge in [0.15, 0.2) is 17.3 Å². The molecule has 0 aliphatic carbocycles. The zero-order chi connectivity index (χ0) is 32.0. The van der Waals surface area contributed by atoms with E-state index in [9.17, 15) is 0 Å². The van der Waals surface area contributed by atoms with Crippen LogP contribution in [-0.2, 0) is 5.66 Å². The fourth-order valence-corrected chi connectivity index (χ4v) is 10.2. The van der Waals surface area contributed by atoms with E-state index in [-0.39, 0.29) is 0 Å². The van der Waals surface area contributed by atoms with Gasteiger partial charge in [-0.2, -0.15) is 9.13 Å². The van der Waals surface area contributed by atoms with Crippen LogP contribution >= 0.6 is 0 Å². The molecular weight excluding hydrogens is 615 g/mol. The summed E-state index contributed by atoms with van der Waals surface area (Å²) in [5, 5.41) is 9.61. The van der Waals surface area contributed by atoms with Gasteiger partial charge in [-0.1, -0.05) is 60.7 Å². The second-order valence-corrected chi connectivity index (χ2v) is 13.9. The molecule has 0 amide bonds. The smallest absolute Gasteiger partial charge is 0.374 e. The number of pyridine rings is 3. The van der Waals surface area contributed by atoms with Gasteiger partial charge in [0.25, 0.3) is 5.82 Å². The van der Waals surface area contributed by atoms with Crippen molar-refractivity contribution < 1.29 is 13.9 Å². The summed E-state index contributed by atoms with van der Waals surface area (Å²) in [7, 11) is 0. The van der Waals surface area contributed by atoms with Gasteiger partial charge in [0.2, 0.25) is 5.52 Å². The summed E-state index contributed by atoms with van der Waals surface area (Å²) >= 11 is 0. The molecule has 0 bridgehead atoms. The topological polar surface area (TPSA) is 39.2 Å². The molecule has 1 spiro atoms. The van der Waals surface area contributed by atoms with Crippen LogP contribution in [0, 0.1) is 0 Å². The fourth-order valence-electron chi connectivity index (χ4n) is 10.2. The van der Waals surface area contributed by atoms with Crippen LogP contribution < -0.4 is 13.9 Å². The normalized spacial score (nSPS) is 16.6. The van der Waals surface area contributed by atoms with Crippen LogP contribution in [0.5, 0.6) is 11.5 Å². The van der Waals surface area contributed by atoms with Gasteiger partial charge in [0.05, 0.1) is 28.0 Å². The van der Waals surface area contributed by atoms with E-state index in [0.717, 1.165) is 50.3 Å². The highest BCUT2D eigenvalue weighted by molar-refractivity contribution is 6.27. The molecule has 0 N–H and O–H groups in total. The Balaban J connectivity index is 1.28. The second-order valence-electron chi connectivity index (χ2n) is 13.9. The van der Waals surface area contributed by atoms with Crippen LogP contribution in [0.3, 0.4) is 0 Å². The Labute approximate surface area is 282 Å².